The van der Waals surface area contributed by atoms with Gasteiger partial charge in [0.25, 0.3) is 0 Å². The summed E-state index contributed by atoms with van der Waals surface area (Å²) >= 11 is 12.0. The van der Waals surface area contributed by atoms with Crippen molar-refractivity contribution in [1.82, 2.24) is 0 Å². The molecule has 2 rings (SSSR count). The van der Waals surface area contributed by atoms with Gasteiger partial charge in [-0.1, -0.05) is 35.8 Å². The van der Waals surface area contributed by atoms with Gasteiger partial charge in [0.1, 0.15) is 0 Å². The third-order valence-electron chi connectivity index (χ3n) is 2.98. The van der Waals surface area contributed by atoms with Gasteiger partial charge < -0.3 is 4.74 Å². The van der Waals surface area contributed by atoms with Gasteiger partial charge in [-0.25, -0.2) is 0 Å². The monoisotopic (exact) mass is 323 g/mol. The number of ether oxygens (including phenoxy) is 1. The molecule has 0 amide bonds. The van der Waals surface area contributed by atoms with Crippen LogP contribution in [0, 0.1) is 10.1 Å². The third-order valence-corrected chi connectivity index (χ3v) is 3.53. The fraction of sp³-hybridized carbons (Fsp3) is 0.0667. The van der Waals surface area contributed by atoms with Crippen molar-refractivity contribution in [1.29, 1.82) is 0 Å². The van der Waals surface area contributed by atoms with E-state index in [2.05, 4.69) is 6.58 Å². The van der Waals surface area contributed by atoms with E-state index in [1.807, 2.05) is 0 Å². The summed E-state index contributed by atoms with van der Waals surface area (Å²) in [5, 5.41) is 11.9. The van der Waals surface area contributed by atoms with Crippen LogP contribution in [0.25, 0.3) is 5.57 Å². The number of halogens is 2. The summed E-state index contributed by atoms with van der Waals surface area (Å²) in [6, 6.07) is 9.62. The summed E-state index contributed by atoms with van der Waals surface area (Å²) < 4.78 is 5.05. The molecule has 0 fully saturated rings. The van der Waals surface area contributed by atoms with Crippen LogP contribution in [0.5, 0.6) is 5.75 Å². The molecule has 21 heavy (non-hydrogen) atoms. The predicted molar refractivity (Wildman–Crippen MR) is 84.2 cm³/mol. The molecule has 0 N–H and O–H groups in total. The Morgan fingerprint density at radius 1 is 1.24 bits per heavy atom. The van der Waals surface area contributed by atoms with Crippen molar-refractivity contribution in [2.75, 3.05) is 7.11 Å². The van der Waals surface area contributed by atoms with Crippen LogP contribution in [0.4, 0.5) is 5.69 Å². The van der Waals surface area contributed by atoms with Gasteiger partial charge >= 0.3 is 5.69 Å². The number of nitrogens with zero attached hydrogens (tertiary/aromatic N) is 1. The number of rotatable bonds is 4. The van der Waals surface area contributed by atoms with E-state index in [9.17, 15) is 10.1 Å². The molecule has 0 saturated carbocycles. The van der Waals surface area contributed by atoms with Crippen LogP contribution in [0.1, 0.15) is 11.1 Å². The first-order chi connectivity index (χ1) is 9.93. The average Bonchev–Trinajstić information content (AvgIpc) is 2.45. The number of nitro groups is 1. The molecule has 0 aromatic heterocycles. The molecule has 0 unspecified atom stereocenters. The molecule has 4 nitrogen and oxygen atoms in total. The van der Waals surface area contributed by atoms with Crippen molar-refractivity contribution in [2.45, 2.75) is 0 Å². The zero-order valence-corrected chi connectivity index (χ0v) is 12.6. The lowest BCUT2D eigenvalue weighted by atomic mass is 9.99. The van der Waals surface area contributed by atoms with Crippen molar-refractivity contribution in [3.63, 3.8) is 0 Å². The Morgan fingerprint density at radius 2 is 1.95 bits per heavy atom. The van der Waals surface area contributed by atoms with Crippen molar-refractivity contribution in [2.24, 2.45) is 0 Å². The summed E-state index contributed by atoms with van der Waals surface area (Å²) in [5.41, 5.74) is 1.92. The topological polar surface area (TPSA) is 52.4 Å². The predicted octanol–water partition coefficient (Wildman–Crippen LogP) is 4.97. The van der Waals surface area contributed by atoms with E-state index in [0.29, 0.717) is 26.7 Å². The van der Waals surface area contributed by atoms with Crippen molar-refractivity contribution in [3.8, 4) is 5.75 Å². The highest BCUT2D eigenvalue weighted by Gasteiger charge is 2.16. The van der Waals surface area contributed by atoms with Gasteiger partial charge in [0, 0.05) is 21.7 Å². The van der Waals surface area contributed by atoms with E-state index in [1.54, 1.807) is 30.3 Å². The first kappa shape index (κ1) is 15.4. The number of hydrogen-bond acceptors (Lipinski definition) is 3. The smallest absolute Gasteiger partial charge is 0.310 e. The van der Waals surface area contributed by atoms with Crippen molar-refractivity contribution < 1.29 is 9.66 Å². The van der Waals surface area contributed by atoms with E-state index >= 15 is 0 Å². The lowest BCUT2D eigenvalue weighted by molar-refractivity contribution is -0.385. The van der Waals surface area contributed by atoms with Crippen LogP contribution in [0.3, 0.4) is 0 Å². The van der Waals surface area contributed by atoms with Gasteiger partial charge in [-0.3, -0.25) is 10.1 Å². The summed E-state index contributed by atoms with van der Waals surface area (Å²) in [6.07, 6.45) is 0. The molecule has 0 atom stereocenters. The van der Waals surface area contributed by atoms with Gasteiger partial charge in [-0.15, -0.1) is 0 Å². The highest BCUT2D eigenvalue weighted by atomic mass is 35.5. The molecular formula is C15H11Cl2NO3. The Balaban J connectivity index is 2.46. The molecule has 0 aliphatic carbocycles. The molecule has 0 aliphatic rings. The van der Waals surface area contributed by atoms with E-state index < -0.39 is 4.92 Å². The maximum absolute atomic E-state index is 10.9. The van der Waals surface area contributed by atoms with Gasteiger partial charge in [0.05, 0.1) is 12.0 Å². The minimum atomic E-state index is -0.499. The summed E-state index contributed by atoms with van der Waals surface area (Å²) in [7, 11) is 1.38. The van der Waals surface area contributed by atoms with E-state index in [1.165, 1.54) is 13.2 Å². The number of nitro benzene ring substituents is 1. The largest absolute Gasteiger partial charge is 0.490 e. The molecule has 2 aromatic carbocycles. The van der Waals surface area contributed by atoms with Gasteiger partial charge in [0.15, 0.2) is 5.75 Å². The average molecular weight is 324 g/mol. The normalized spacial score (nSPS) is 10.2. The Labute approximate surface area is 131 Å². The van der Waals surface area contributed by atoms with Gasteiger partial charge in [-0.05, 0) is 35.4 Å². The highest BCUT2D eigenvalue weighted by Crippen LogP contribution is 2.34. The molecule has 6 heteroatoms. The maximum Gasteiger partial charge on any atom is 0.310 e. The lowest BCUT2D eigenvalue weighted by Gasteiger charge is -2.10. The van der Waals surface area contributed by atoms with E-state index in [0.717, 1.165) is 0 Å². The first-order valence-corrected chi connectivity index (χ1v) is 6.66. The van der Waals surface area contributed by atoms with Gasteiger partial charge in [0.2, 0.25) is 0 Å². The summed E-state index contributed by atoms with van der Waals surface area (Å²) in [6.45, 7) is 3.98. The molecule has 2 aromatic rings. The molecule has 0 saturated heterocycles. The quantitative estimate of drug-likeness (QED) is 0.589. The van der Waals surface area contributed by atoms with Crippen LogP contribution in [-0.2, 0) is 0 Å². The Bertz CT molecular complexity index is 729. The minimum absolute atomic E-state index is 0.101. The van der Waals surface area contributed by atoms with Crippen molar-refractivity contribution >= 4 is 34.5 Å². The van der Waals surface area contributed by atoms with Crippen LogP contribution >= 0.6 is 23.2 Å². The summed E-state index contributed by atoms with van der Waals surface area (Å²) in [5.74, 6) is 0.170. The number of methoxy groups -OCH3 is 1. The number of hydrogen-bond donors (Lipinski definition) is 0. The second kappa shape index (κ2) is 6.16. The minimum Gasteiger partial charge on any atom is -0.490 e. The zero-order valence-electron chi connectivity index (χ0n) is 11.1. The molecule has 0 radical (unpaired) electrons. The second-order valence-corrected chi connectivity index (χ2v) is 5.09. The molecule has 108 valence electrons. The van der Waals surface area contributed by atoms with E-state index in [4.69, 9.17) is 27.9 Å². The highest BCUT2D eigenvalue weighted by molar-refractivity contribution is 6.35. The third kappa shape index (κ3) is 3.17. The molecule has 0 heterocycles. The van der Waals surface area contributed by atoms with E-state index in [-0.39, 0.29) is 11.4 Å². The van der Waals surface area contributed by atoms with Gasteiger partial charge in [-0.2, -0.15) is 0 Å². The Hall–Kier alpha value is -2.04. The Morgan fingerprint density at radius 3 is 2.52 bits per heavy atom. The van der Waals surface area contributed by atoms with Crippen LogP contribution < -0.4 is 4.74 Å². The number of benzene rings is 2. The van der Waals surface area contributed by atoms with Crippen molar-refractivity contribution in [3.05, 3.63) is 74.3 Å². The van der Waals surface area contributed by atoms with Crippen LogP contribution in [0.2, 0.25) is 10.0 Å². The maximum atomic E-state index is 10.9. The second-order valence-electron chi connectivity index (χ2n) is 4.25. The molecule has 0 bridgehead atoms. The Kier molecular flexibility index (Phi) is 4.50. The van der Waals surface area contributed by atoms with Crippen LogP contribution in [0.15, 0.2) is 43.0 Å². The SMILES string of the molecule is C=C(c1ccc([N+](=O)[O-])c(OC)c1)c1ccc(Cl)cc1Cl. The fourth-order valence-corrected chi connectivity index (χ4v) is 2.43. The standard InChI is InChI=1S/C15H11Cl2NO3/c1-9(12-5-4-11(16)8-13(12)17)10-3-6-14(18(19)20)15(7-10)21-2/h3-8H,1H2,2H3. The van der Waals surface area contributed by atoms with Crippen LogP contribution in [-0.4, -0.2) is 12.0 Å². The first-order valence-electron chi connectivity index (χ1n) is 5.91. The lowest BCUT2D eigenvalue weighted by Crippen LogP contribution is -1.95. The summed E-state index contributed by atoms with van der Waals surface area (Å²) in [4.78, 5) is 10.4. The zero-order chi connectivity index (χ0) is 15.6. The molecular weight excluding hydrogens is 313 g/mol. The fourth-order valence-electron chi connectivity index (χ4n) is 1.91. The molecule has 0 spiro atoms. The molecule has 0 aliphatic heterocycles.